The van der Waals surface area contributed by atoms with Gasteiger partial charge in [-0.15, -0.1) is 0 Å². The number of pyridine rings is 1. The second kappa shape index (κ2) is 15.4. The summed E-state index contributed by atoms with van der Waals surface area (Å²) in [4.78, 5) is 45.2. The maximum Gasteiger partial charge on any atom is 0.418 e. The average Bonchev–Trinajstić information content (AvgIpc) is 3.05. The highest BCUT2D eigenvalue weighted by Gasteiger charge is 2.45. The third-order valence-corrected chi connectivity index (χ3v) is 9.09. The van der Waals surface area contributed by atoms with E-state index >= 15 is 0 Å². The molecule has 1 N–H and O–H groups in total. The van der Waals surface area contributed by atoms with Crippen molar-refractivity contribution in [1.82, 2.24) is 14.8 Å². The Morgan fingerprint density at radius 1 is 1.09 bits per heavy atom. The molecule has 0 spiro atoms. The Bertz CT molecular complexity index is 1420. The standard InChI is InChI=1S/C34H41F3N4O5/c1-2-10-27-24(11-9-19-41(27)32(45)30-26(34(35,36)37)13-8-18-39-30)31(44)40-20-16-33(23-38,17-21-40)25-12-5-6-14-28(25)46-22-7-3-4-15-29(42)43/h5-6,8,12-14,18,24,27H,2-4,7,9-11,15-17,19-22H2,1H3,(H,42,43). The van der Waals surface area contributed by atoms with Crippen LogP contribution in [0.3, 0.4) is 0 Å². The Morgan fingerprint density at radius 2 is 1.83 bits per heavy atom. The number of rotatable bonds is 12. The fourth-order valence-corrected chi connectivity index (χ4v) is 6.70. The molecule has 0 aliphatic carbocycles. The van der Waals surface area contributed by atoms with E-state index in [2.05, 4.69) is 11.1 Å². The van der Waals surface area contributed by atoms with Crippen LogP contribution in [0.25, 0.3) is 0 Å². The molecule has 2 saturated heterocycles. The number of ether oxygens (including phenoxy) is 1. The summed E-state index contributed by atoms with van der Waals surface area (Å²) >= 11 is 0. The van der Waals surface area contributed by atoms with Crippen LogP contribution in [0, 0.1) is 17.2 Å². The van der Waals surface area contributed by atoms with Crippen molar-refractivity contribution >= 4 is 17.8 Å². The Morgan fingerprint density at radius 3 is 2.50 bits per heavy atom. The van der Waals surface area contributed by atoms with Gasteiger partial charge in [0, 0.05) is 43.9 Å². The van der Waals surface area contributed by atoms with Crippen LogP contribution >= 0.6 is 0 Å². The first kappa shape index (κ1) is 34.7. The van der Waals surface area contributed by atoms with E-state index in [1.54, 1.807) is 4.90 Å². The number of unbranched alkanes of at least 4 members (excludes halogenated alkanes) is 2. The molecule has 0 saturated carbocycles. The fourth-order valence-electron chi connectivity index (χ4n) is 6.70. The van der Waals surface area contributed by atoms with Crippen molar-refractivity contribution in [2.45, 2.75) is 88.8 Å². The number of para-hydroxylation sites is 1. The summed E-state index contributed by atoms with van der Waals surface area (Å²) in [6, 6.07) is 11.3. The number of nitriles is 1. The number of alkyl halides is 3. The van der Waals surface area contributed by atoms with Crippen LogP contribution in [0.4, 0.5) is 13.2 Å². The molecule has 4 rings (SSSR count). The largest absolute Gasteiger partial charge is 0.493 e. The molecule has 12 heteroatoms. The van der Waals surface area contributed by atoms with Gasteiger partial charge in [0.2, 0.25) is 5.91 Å². The van der Waals surface area contributed by atoms with Gasteiger partial charge in [0.05, 0.1) is 29.6 Å². The number of nitrogens with zero attached hydrogens (tertiary/aromatic N) is 4. The smallest absolute Gasteiger partial charge is 0.418 e. The summed E-state index contributed by atoms with van der Waals surface area (Å²) in [6.07, 6.45) is 1.37. The van der Waals surface area contributed by atoms with Gasteiger partial charge < -0.3 is 19.6 Å². The molecule has 2 aliphatic rings. The quantitative estimate of drug-likeness (QED) is 0.272. The number of carbonyl (C=O) groups excluding carboxylic acids is 2. The highest BCUT2D eigenvalue weighted by molar-refractivity contribution is 5.95. The molecular weight excluding hydrogens is 601 g/mol. The van der Waals surface area contributed by atoms with Crippen LogP contribution in [0.2, 0.25) is 0 Å². The number of aliphatic carboxylic acids is 1. The summed E-state index contributed by atoms with van der Waals surface area (Å²) < 4.78 is 47.2. The number of halogens is 3. The summed E-state index contributed by atoms with van der Waals surface area (Å²) in [5.41, 5.74) is -1.86. The van der Waals surface area contributed by atoms with Gasteiger partial charge in [0.1, 0.15) is 11.4 Å². The Balaban J connectivity index is 1.46. The van der Waals surface area contributed by atoms with Gasteiger partial charge in [-0.3, -0.25) is 19.4 Å². The van der Waals surface area contributed by atoms with Crippen molar-refractivity contribution in [3.63, 3.8) is 0 Å². The first-order valence-electron chi connectivity index (χ1n) is 16.0. The molecule has 9 nitrogen and oxygen atoms in total. The first-order chi connectivity index (χ1) is 22.0. The highest BCUT2D eigenvalue weighted by Crippen LogP contribution is 2.41. The third-order valence-electron chi connectivity index (χ3n) is 9.09. The summed E-state index contributed by atoms with van der Waals surface area (Å²) in [7, 11) is 0. The maximum absolute atomic E-state index is 14.0. The second-order valence-electron chi connectivity index (χ2n) is 12.1. The molecule has 2 aromatic rings. The third kappa shape index (κ3) is 7.98. The lowest BCUT2D eigenvalue weighted by molar-refractivity contribution is -0.141. The van der Waals surface area contributed by atoms with Gasteiger partial charge in [0.25, 0.3) is 5.91 Å². The van der Waals surface area contributed by atoms with Crippen molar-refractivity contribution in [3.8, 4) is 11.8 Å². The number of hydrogen-bond donors (Lipinski definition) is 1. The average molecular weight is 643 g/mol. The van der Waals surface area contributed by atoms with Gasteiger partial charge in [-0.1, -0.05) is 31.5 Å². The van der Waals surface area contributed by atoms with Gasteiger partial charge >= 0.3 is 12.1 Å². The molecule has 1 aromatic heterocycles. The van der Waals surface area contributed by atoms with Crippen molar-refractivity contribution in [1.29, 1.82) is 5.26 Å². The van der Waals surface area contributed by atoms with Crippen LogP contribution in [0.15, 0.2) is 42.6 Å². The summed E-state index contributed by atoms with van der Waals surface area (Å²) in [5, 5.41) is 19.2. The zero-order valence-electron chi connectivity index (χ0n) is 26.1. The van der Waals surface area contributed by atoms with Crippen molar-refractivity contribution in [2.24, 2.45) is 5.92 Å². The topological polar surface area (TPSA) is 124 Å². The van der Waals surface area contributed by atoms with Crippen molar-refractivity contribution in [2.75, 3.05) is 26.2 Å². The summed E-state index contributed by atoms with van der Waals surface area (Å²) in [5.74, 6) is -1.76. The number of carboxylic acids is 1. The lowest BCUT2D eigenvalue weighted by atomic mass is 9.73. The zero-order chi connectivity index (χ0) is 33.3. The predicted molar refractivity (Wildman–Crippen MR) is 163 cm³/mol. The lowest BCUT2D eigenvalue weighted by Gasteiger charge is -2.44. The zero-order valence-corrected chi connectivity index (χ0v) is 26.1. The maximum atomic E-state index is 14.0. The number of carboxylic acid groups (broad SMARTS) is 1. The van der Waals surface area contributed by atoms with Crippen molar-refractivity contribution in [3.05, 3.63) is 59.4 Å². The van der Waals surface area contributed by atoms with Gasteiger partial charge in [0.15, 0.2) is 0 Å². The Hall–Kier alpha value is -4.14. The number of piperidine rings is 2. The predicted octanol–water partition coefficient (Wildman–Crippen LogP) is 6.23. The number of amides is 2. The second-order valence-corrected chi connectivity index (χ2v) is 12.1. The number of likely N-dealkylation sites (tertiary alicyclic amines) is 2. The van der Waals surface area contributed by atoms with Crippen LogP contribution in [0.1, 0.15) is 92.7 Å². The number of aromatic nitrogens is 1. The number of benzene rings is 1. The minimum absolute atomic E-state index is 0.112. The van der Waals surface area contributed by atoms with E-state index in [-0.39, 0.29) is 18.9 Å². The molecule has 1 aromatic carbocycles. The Labute approximate surface area is 267 Å². The van der Waals surface area contributed by atoms with Crippen LogP contribution < -0.4 is 4.74 Å². The molecule has 2 unspecified atom stereocenters. The molecule has 46 heavy (non-hydrogen) atoms. The van der Waals surface area contributed by atoms with E-state index in [0.717, 1.165) is 17.7 Å². The SMILES string of the molecule is CCCC1C(C(=O)N2CCC(C#N)(c3ccccc3OCCCCCC(=O)O)CC2)CCCN1C(=O)c1ncccc1C(F)(F)F. The van der Waals surface area contributed by atoms with E-state index in [0.29, 0.717) is 83.2 Å². The minimum Gasteiger partial charge on any atom is -0.493 e. The van der Waals surface area contributed by atoms with Crippen LogP contribution in [0.5, 0.6) is 5.75 Å². The normalized spacial score (nSPS) is 19.7. The van der Waals surface area contributed by atoms with Gasteiger partial charge in [-0.25, -0.2) is 0 Å². The van der Waals surface area contributed by atoms with Crippen molar-refractivity contribution < 1.29 is 37.4 Å². The van der Waals surface area contributed by atoms with E-state index < -0.39 is 46.7 Å². The van der Waals surface area contributed by atoms with E-state index in [1.807, 2.05) is 31.2 Å². The van der Waals surface area contributed by atoms with Crippen LogP contribution in [-0.4, -0.2) is 70.0 Å². The monoisotopic (exact) mass is 642 g/mol. The molecule has 2 fully saturated rings. The van der Waals surface area contributed by atoms with E-state index in [1.165, 1.54) is 11.1 Å². The molecule has 0 radical (unpaired) electrons. The number of carbonyl (C=O) groups is 3. The summed E-state index contributed by atoms with van der Waals surface area (Å²) in [6.45, 7) is 3.18. The fraction of sp³-hybridized carbons (Fsp3) is 0.559. The Kier molecular flexibility index (Phi) is 11.7. The molecular formula is C34H41F3N4O5. The van der Waals surface area contributed by atoms with E-state index in [9.17, 15) is 32.8 Å². The van der Waals surface area contributed by atoms with E-state index in [4.69, 9.17) is 9.84 Å². The van der Waals surface area contributed by atoms with Gasteiger partial charge in [-0.2, -0.15) is 18.4 Å². The molecule has 0 bridgehead atoms. The molecule has 3 heterocycles. The van der Waals surface area contributed by atoms with Gasteiger partial charge in [-0.05, 0) is 69.6 Å². The highest BCUT2D eigenvalue weighted by atomic mass is 19.4. The van der Waals surface area contributed by atoms with Crippen LogP contribution in [-0.2, 0) is 21.2 Å². The molecule has 2 aliphatic heterocycles. The molecule has 2 atom stereocenters. The number of hydrogen-bond acceptors (Lipinski definition) is 6. The molecule has 2 amide bonds. The molecule has 248 valence electrons. The first-order valence-corrected chi connectivity index (χ1v) is 16.0. The minimum atomic E-state index is -4.74. The lowest BCUT2D eigenvalue weighted by Crippen LogP contribution is -2.55.